The van der Waals surface area contributed by atoms with Gasteiger partial charge in [0.2, 0.25) is 5.91 Å². The molecule has 0 bridgehead atoms. The van der Waals surface area contributed by atoms with Crippen LogP contribution >= 0.6 is 11.8 Å². The summed E-state index contributed by atoms with van der Waals surface area (Å²) in [5.41, 5.74) is 0.883. The first-order valence-corrected chi connectivity index (χ1v) is 7.67. The van der Waals surface area contributed by atoms with E-state index in [0.29, 0.717) is 12.5 Å². The number of nitrogens with one attached hydrogen (secondary N) is 2. The molecule has 4 heteroatoms. The molecule has 0 aromatic heterocycles. The van der Waals surface area contributed by atoms with Crippen molar-refractivity contribution >= 4 is 23.4 Å². The second-order valence-electron chi connectivity index (χ2n) is 4.63. The minimum Gasteiger partial charge on any atom is -0.326 e. The number of hydrogen-bond acceptors (Lipinski definition) is 3. The SMILES string of the molecule is CSc1ccc(NC(=O)CC2CCCCN2)cc1. The molecular weight excluding hydrogens is 244 g/mol. The third kappa shape index (κ3) is 4.03. The van der Waals surface area contributed by atoms with Crippen molar-refractivity contribution in [2.75, 3.05) is 18.1 Å². The van der Waals surface area contributed by atoms with E-state index >= 15 is 0 Å². The molecule has 1 atom stereocenters. The van der Waals surface area contributed by atoms with Gasteiger partial charge in [0.1, 0.15) is 0 Å². The highest BCUT2D eigenvalue weighted by atomic mass is 32.2. The van der Waals surface area contributed by atoms with Crippen molar-refractivity contribution < 1.29 is 4.79 Å². The summed E-state index contributed by atoms with van der Waals surface area (Å²) in [6.45, 7) is 1.04. The molecule has 0 aliphatic carbocycles. The molecule has 18 heavy (non-hydrogen) atoms. The minimum atomic E-state index is 0.103. The van der Waals surface area contributed by atoms with Crippen molar-refractivity contribution in [2.45, 2.75) is 36.6 Å². The van der Waals surface area contributed by atoms with E-state index in [2.05, 4.69) is 10.6 Å². The summed E-state index contributed by atoms with van der Waals surface area (Å²) in [7, 11) is 0. The van der Waals surface area contributed by atoms with Crippen molar-refractivity contribution in [2.24, 2.45) is 0 Å². The number of hydrogen-bond donors (Lipinski definition) is 2. The maximum absolute atomic E-state index is 11.9. The predicted octanol–water partition coefficient (Wildman–Crippen LogP) is 2.88. The van der Waals surface area contributed by atoms with Gasteiger partial charge in [-0.05, 0) is 49.9 Å². The number of rotatable bonds is 4. The molecule has 1 unspecified atom stereocenters. The maximum atomic E-state index is 11.9. The van der Waals surface area contributed by atoms with E-state index < -0.39 is 0 Å². The van der Waals surface area contributed by atoms with E-state index in [0.717, 1.165) is 18.7 Å². The van der Waals surface area contributed by atoms with Gasteiger partial charge in [-0.15, -0.1) is 11.8 Å². The van der Waals surface area contributed by atoms with Gasteiger partial charge in [-0.1, -0.05) is 6.42 Å². The fraction of sp³-hybridized carbons (Fsp3) is 0.500. The van der Waals surface area contributed by atoms with Crippen molar-refractivity contribution in [1.82, 2.24) is 5.32 Å². The fourth-order valence-electron chi connectivity index (χ4n) is 2.21. The zero-order chi connectivity index (χ0) is 12.8. The first kappa shape index (κ1) is 13.4. The largest absolute Gasteiger partial charge is 0.326 e. The molecule has 1 aliphatic heterocycles. The lowest BCUT2D eigenvalue weighted by Crippen LogP contribution is -2.36. The first-order chi connectivity index (χ1) is 8.78. The molecule has 1 saturated heterocycles. The second kappa shape index (κ2) is 6.81. The van der Waals surface area contributed by atoms with Crippen LogP contribution in [0.3, 0.4) is 0 Å². The Labute approximate surface area is 113 Å². The minimum absolute atomic E-state index is 0.103. The van der Waals surface area contributed by atoms with Crippen LogP contribution < -0.4 is 10.6 Å². The van der Waals surface area contributed by atoms with Crippen molar-refractivity contribution in [3.63, 3.8) is 0 Å². The van der Waals surface area contributed by atoms with E-state index in [1.54, 1.807) is 11.8 Å². The molecule has 1 heterocycles. The summed E-state index contributed by atoms with van der Waals surface area (Å²) in [5, 5.41) is 6.34. The van der Waals surface area contributed by atoms with Crippen LogP contribution in [0.5, 0.6) is 0 Å². The lowest BCUT2D eigenvalue weighted by molar-refractivity contribution is -0.116. The van der Waals surface area contributed by atoms with Crippen LogP contribution in [-0.4, -0.2) is 24.7 Å². The maximum Gasteiger partial charge on any atom is 0.225 e. The van der Waals surface area contributed by atoms with Crippen molar-refractivity contribution in [1.29, 1.82) is 0 Å². The summed E-state index contributed by atoms with van der Waals surface area (Å²) in [6.07, 6.45) is 6.19. The monoisotopic (exact) mass is 264 g/mol. The molecule has 3 nitrogen and oxygen atoms in total. The smallest absolute Gasteiger partial charge is 0.225 e. The third-order valence-electron chi connectivity index (χ3n) is 3.22. The molecule has 0 saturated carbocycles. The standard InChI is InChI=1S/C14H20N2OS/c1-18-13-7-5-11(6-8-13)16-14(17)10-12-4-2-3-9-15-12/h5-8,12,15H,2-4,9-10H2,1H3,(H,16,17). The molecule has 1 aromatic rings. The molecule has 1 aliphatic rings. The van der Waals surface area contributed by atoms with Gasteiger partial charge in [0.25, 0.3) is 0 Å². The number of piperidine rings is 1. The van der Waals surface area contributed by atoms with Gasteiger partial charge in [-0.3, -0.25) is 4.79 Å². The molecule has 2 N–H and O–H groups in total. The first-order valence-electron chi connectivity index (χ1n) is 6.45. The van der Waals surface area contributed by atoms with E-state index in [4.69, 9.17) is 0 Å². The van der Waals surface area contributed by atoms with Crippen LogP contribution in [0, 0.1) is 0 Å². The van der Waals surface area contributed by atoms with Gasteiger partial charge >= 0.3 is 0 Å². The Kier molecular flexibility index (Phi) is 5.08. The summed E-state index contributed by atoms with van der Waals surface area (Å²) < 4.78 is 0. The van der Waals surface area contributed by atoms with Crippen molar-refractivity contribution in [3.8, 4) is 0 Å². The quantitative estimate of drug-likeness (QED) is 0.822. The Hall–Kier alpha value is -1.00. The highest BCUT2D eigenvalue weighted by molar-refractivity contribution is 7.98. The lowest BCUT2D eigenvalue weighted by atomic mass is 10.0. The third-order valence-corrected chi connectivity index (χ3v) is 3.96. The number of amides is 1. The summed E-state index contributed by atoms with van der Waals surface area (Å²) >= 11 is 1.70. The summed E-state index contributed by atoms with van der Waals surface area (Å²) in [6, 6.07) is 8.32. The number of benzene rings is 1. The normalized spacial score (nSPS) is 19.5. The Morgan fingerprint density at radius 1 is 1.39 bits per heavy atom. The van der Waals surface area contributed by atoms with Gasteiger partial charge in [-0.2, -0.15) is 0 Å². The van der Waals surface area contributed by atoms with Crippen LogP contribution in [-0.2, 0) is 4.79 Å². The molecular formula is C14H20N2OS. The molecule has 1 amide bonds. The molecule has 1 fully saturated rings. The Morgan fingerprint density at radius 2 is 2.17 bits per heavy atom. The van der Waals surface area contributed by atoms with Gasteiger partial charge < -0.3 is 10.6 Å². The van der Waals surface area contributed by atoms with Crippen molar-refractivity contribution in [3.05, 3.63) is 24.3 Å². The average molecular weight is 264 g/mol. The van der Waals surface area contributed by atoms with Crippen LogP contribution in [0.15, 0.2) is 29.2 Å². The molecule has 2 rings (SSSR count). The Balaban J connectivity index is 1.82. The molecule has 98 valence electrons. The second-order valence-corrected chi connectivity index (χ2v) is 5.51. The van der Waals surface area contributed by atoms with Gasteiger partial charge in [0.05, 0.1) is 0 Å². The lowest BCUT2D eigenvalue weighted by Gasteiger charge is -2.22. The summed E-state index contributed by atoms with van der Waals surface area (Å²) in [5.74, 6) is 0.103. The number of carbonyl (C=O) groups excluding carboxylic acids is 1. The van der Waals surface area contributed by atoms with E-state index in [1.165, 1.54) is 17.7 Å². The average Bonchev–Trinajstić information content (AvgIpc) is 2.40. The summed E-state index contributed by atoms with van der Waals surface area (Å²) in [4.78, 5) is 13.1. The topological polar surface area (TPSA) is 41.1 Å². The zero-order valence-corrected chi connectivity index (χ0v) is 11.6. The van der Waals surface area contributed by atoms with E-state index in [-0.39, 0.29) is 5.91 Å². The predicted molar refractivity (Wildman–Crippen MR) is 77.1 cm³/mol. The van der Waals surface area contributed by atoms with E-state index in [1.807, 2.05) is 30.5 Å². The van der Waals surface area contributed by atoms with Gasteiger partial charge in [-0.25, -0.2) is 0 Å². The molecule has 0 radical (unpaired) electrons. The molecule has 1 aromatic carbocycles. The van der Waals surface area contributed by atoms with Crippen LogP contribution in [0.25, 0.3) is 0 Å². The number of anilines is 1. The number of thioether (sulfide) groups is 1. The van der Waals surface area contributed by atoms with E-state index in [9.17, 15) is 4.79 Å². The molecule has 0 spiro atoms. The van der Waals surface area contributed by atoms with Crippen LogP contribution in [0.4, 0.5) is 5.69 Å². The van der Waals surface area contributed by atoms with Crippen LogP contribution in [0.1, 0.15) is 25.7 Å². The Bertz CT molecular complexity index is 385. The van der Waals surface area contributed by atoms with Gasteiger partial charge in [0, 0.05) is 23.0 Å². The van der Waals surface area contributed by atoms with Crippen LogP contribution in [0.2, 0.25) is 0 Å². The zero-order valence-electron chi connectivity index (χ0n) is 10.7. The van der Waals surface area contributed by atoms with Gasteiger partial charge in [0.15, 0.2) is 0 Å². The highest BCUT2D eigenvalue weighted by Gasteiger charge is 2.16. The fourth-order valence-corrected chi connectivity index (χ4v) is 2.62. The highest BCUT2D eigenvalue weighted by Crippen LogP contribution is 2.18. The number of carbonyl (C=O) groups is 1. The Morgan fingerprint density at radius 3 is 2.78 bits per heavy atom.